The van der Waals surface area contributed by atoms with Gasteiger partial charge in [0.05, 0.1) is 10.1 Å². The zero-order valence-electron chi connectivity index (χ0n) is 17.1. The number of phenolic OH excluding ortho intramolecular Hbond substituents is 1. The maximum absolute atomic E-state index is 12.8. The van der Waals surface area contributed by atoms with Crippen LogP contribution in [0.3, 0.4) is 0 Å². The molecule has 4 rings (SSSR count). The maximum atomic E-state index is 12.8. The monoisotopic (exact) mass is 435 g/mol. The van der Waals surface area contributed by atoms with E-state index < -0.39 is 9.84 Å². The minimum atomic E-state index is -3.27. The summed E-state index contributed by atoms with van der Waals surface area (Å²) in [4.78, 5) is 9.00. The van der Waals surface area contributed by atoms with Crippen molar-refractivity contribution in [2.45, 2.75) is 42.2 Å². The molecule has 2 N–H and O–H groups in total. The van der Waals surface area contributed by atoms with Crippen LogP contribution in [0.25, 0.3) is 12.2 Å². The van der Waals surface area contributed by atoms with Gasteiger partial charge in [0.25, 0.3) is 0 Å². The van der Waals surface area contributed by atoms with E-state index >= 15 is 0 Å². The summed E-state index contributed by atoms with van der Waals surface area (Å²) in [5.41, 5.74) is 2.53. The van der Waals surface area contributed by atoms with Crippen molar-refractivity contribution in [2.24, 2.45) is 0 Å². The summed E-state index contributed by atoms with van der Waals surface area (Å²) < 4.78 is 25.6. The van der Waals surface area contributed by atoms with Crippen LogP contribution in [0.15, 0.2) is 65.8 Å². The van der Waals surface area contributed by atoms with Crippen molar-refractivity contribution in [3.8, 4) is 5.75 Å². The van der Waals surface area contributed by atoms with Gasteiger partial charge in [-0.1, -0.05) is 43.5 Å². The van der Waals surface area contributed by atoms with E-state index in [4.69, 9.17) is 0 Å². The molecule has 31 heavy (non-hydrogen) atoms. The molecule has 7 heteroatoms. The van der Waals surface area contributed by atoms with E-state index in [0.717, 1.165) is 48.9 Å². The predicted molar refractivity (Wildman–Crippen MR) is 123 cm³/mol. The Hall–Kier alpha value is -3.19. The minimum absolute atomic E-state index is 0.232. The standard InChI is InChI=1S/C24H25N3O3S/c28-21-12-8-18(9-13-21)6-7-19-16-25-24(26-17-19)27-20-10-14-23(15-11-20)31(29,30)22-4-2-1-3-5-22/h6-17,22,28H,1-5H2,(H,25,26,27)/b7-6+. The Morgan fingerprint density at radius 3 is 2.10 bits per heavy atom. The zero-order chi connectivity index (χ0) is 21.7. The average molecular weight is 436 g/mol. The second kappa shape index (κ2) is 9.31. The second-order valence-corrected chi connectivity index (χ2v) is 9.95. The number of hydrogen-bond acceptors (Lipinski definition) is 6. The van der Waals surface area contributed by atoms with E-state index in [9.17, 15) is 13.5 Å². The van der Waals surface area contributed by atoms with E-state index in [-0.39, 0.29) is 11.0 Å². The summed E-state index contributed by atoms with van der Waals surface area (Å²) in [7, 11) is -3.27. The van der Waals surface area contributed by atoms with Crippen LogP contribution in [-0.4, -0.2) is 28.7 Å². The Kier molecular flexibility index (Phi) is 6.32. The molecule has 1 aliphatic carbocycles. The van der Waals surface area contributed by atoms with Crippen molar-refractivity contribution < 1.29 is 13.5 Å². The van der Waals surface area contributed by atoms with Crippen molar-refractivity contribution in [1.82, 2.24) is 9.97 Å². The zero-order valence-corrected chi connectivity index (χ0v) is 17.9. The maximum Gasteiger partial charge on any atom is 0.227 e. The van der Waals surface area contributed by atoms with Crippen LogP contribution in [0.5, 0.6) is 5.75 Å². The summed E-state index contributed by atoms with van der Waals surface area (Å²) in [6.07, 6.45) is 11.8. The van der Waals surface area contributed by atoms with Gasteiger partial charge in [0.1, 0.15) is 5.75 Å². The summed E-state index contributed by atoms with van der Waals surface area (Å²) in [5, 5.41) is 12.2. The molecular formula is C24H25N3O3S. The normalized spacial score (nSPS) is 15.2. The van der Waals surface area contributed by atoms with Gasteiger partial charge in [0.15, 0.2) is 9.84 Å². The molecular weight excluding hydrogens is 410 g/mol. The second-order valence-electron chi connectivity index (χ2n) is 7.72. The molecule has 1 heterocycles. The molecule has 0 saturated heterocycles. The van der Waals surface area contributed by atoms with Crippen LogP contribution in [0.2, 0.25) is 0 Å². The molecule has 1 aromatic heterocycles. The number of phenols is 1. The lowest BCUT2D eigenvalue weighted by atomic mass is 10.0. The number of nitrogens with one attached hydrogen (secondary N) is 1. The van der Waals surface area contributed by atoms with Gasteiger partial charge in [-0.15, -0.1) is 0 Å². The van der Waals surface area contributed by atoms with E-state index in [1.807, 2.05) is 24.3 Å². The van der Waals surface area contributed by atoms with E-state index in [2.05, 4.69) is 15.3 Å². The summed E-state index contributed by atoms with van der Waals surface area (Å²) in [5.74, 6) is 0.667. The van der Waals surface area contributed by atoms with Gasteiger partial charge in [-0.05, 0) is 54.8 Å². The fraction of sp³-hybridized carbons (Fsp3) is 0.250. The molecule has 1 saturated carbocycles. The first kappa shape index (κ1) is 21.1. The number of aromatic hydroxyl groups is 1. The molecule has 0 aliphatic heterocycles. The smallest absolute Gasteiger partial charge is 0.227 e. The third kappa shape index (κ3) is 5.30. The largest absolute Gasteiger partial charge is 0.508 e. The van der Waals surface area contributed by atoms with Crippen LogP contribution in [0.4, 0.5) is 11.6 Å². The summed E-state index contributed by atoms with van der Waals surface area (Å²) in [6, 6.07) is 13.7. The first-order valence-corrected chi connectivity index (χ1v) is 12.0. The Morgan fingerprint density at radius 1 is 0.839 bits per heavy atom. The Bertz CT molecular complexity index is 1130. The highest BCUT2D eigenvalue weighted by molar-refractivity contribution is 7.92. The molecule has 3 aromatic rings. The number of anilines is 2. The van der Waals surface area contributed by atoms with Gasteiger partial charge >= 0.3 is 0 Å². The lowest BCUT2D eigenvalue weighted by molar-refractivity contribution is 0.475. The van der Waals surface area contributed by atoms with E-state index in [1.165, 1.54) is 0 Å². The van der Waals surface area contributed by atoms with Crippen molar-refractivity contribution >= 4 is 33.6 Å². The molecule has 0 atom stereocenters. The fourth-order valence-electron chi connectivity index (χ4n) is 3.69. The molecule has 2 aromatic carbocycles. The van der Waals surface area contributed by atoms with Crippen LogP contribution in [0, 0.1) is 0 Å². The Morgan fingerprint density at radius 2 is 1.45 bits per heavy atom. The minimum Gasteiger partial charge on any atom is -0.508 e. The third-order valence-corrected chi connectivity index (χ3v) is 7.74. The quantitative estimate of drug-likeness (QED) is 0.553. The summed E-state index contributed by atoms with van der Waals surface area (Å²) in [6.45, 7) is 0. The molecule has 0 radical (unpaired) electrons. The van der Waals surface area contributed by atoms with Gasteiger partial charge < -0.3 is 10.4 Å². The van der Waals surface area contributed by atoms with Gasteiger partial charge in [-0.3, -0.25) is 0 Å². The van der Waals surface area contributed by atoms with Crippen molar-refractivity contribution in [3.63, 3.8) is 0 Å². The van der Waals surface area contributed by atoms with Crippen molar-refractivity contribution in [1.29, 1.82) is 0 Å². The van der Waals surface area contributed by atoms with Crippen molar-refractivity contribution in [2.75, 3.05) is 5.32 Å². The number of sulfone groups is 1. The van der Waals surface area contributed by atoms with E-state index in [0.29, 0.717) is 10.8 Å². The Labute approximate surface area is 182 Å². The Balaban J connectivity index is 1.39. The van der Waals surface area contributed by atoms with Crippen LogP contribution >= 0.6 is 0 Å². The molecule has 1 fully saturated rings. The molecule has 0 bridgehead atoms. The van der Waals surface area contributed by atoms with E-state index in [1.54, 1.807) is 48.8 Å². The fourth-order valence-corrected chi connectivity index (χ4v) is 5.55. The van der Waals surface area contributed by atoms with Gasteiger partial charge in [-0.2, -0.15) is 0 Å². The lowest BCUT2D eigenvalue weighted by Crippen LogP contribution is -2.24. The third-order valence-electron chi connectivity index (χ3n) is 5.46. The molecule has 0 amide bonds. The first-order valence-electron chi connectivity index (χ1n) is 10.4. The molecule has 160 valence electrons. The number of benzene rings is 2. The number of hydrogen-bond donors (Lipinski definition) is 2. The highest BCUT2D eigenvalue weighted by atomic mass is 32.2. The number of nitrogens with zero attached hydrogens (tertiary/aromatic N) is 2. The SMILES string of the molecule is O=S(=O)(c1ccc(Nc2ncc(/C=C/c3ccc(O)cc3)cn2)cc1)C1CCCCC1. The van der Waals surface area contributed by atoms with Crippen molar-refractivity contribution in [3.05, 3.63) is 72.1 Å². The van der Waals surface area contributed by atoms with Gasteiger partial charge in [0.2, 0.25) is 5.95 Å². The number of rotatable bonds is 6. The lowest BCUT2D eigenvalue weighted by Gasteiger charge is -2.21. The first-order chi connectivity index (χ1) is 15.0. The van der Waals surface area contributed by atoms with Crippen LogP contribution in [-0.2, 0) is 9.84 Å². The predicted octanol–water partition coefficient (Wildman–Crippen LogP) is 5.20. The van der Waals surface area contributed by atoms with Gasteiger partial charge in [-0.25, -0.2) is 18.4 Å². The molecule has 6 nitrogen and oxygen atoms in total. The molecule has 1 aliphatic rings. The highest BCUT2D eigenvalue weighted by Gasteiger charge is 2.28. The molecule has 0 unspecified atom stereocenters. The van der Waals surface area contributed by atoms with Gasteiger partial charge in [0, 0.05) is 23.6 Å². The summed E-state index contributed by atoms with van der Waals surface area (Å²) >= 11 is 0. The topological polar surface area (TPSA) is 92.2 Å². The number of aromatic nitrogens is 2. The molecule has 0 spiro atoms. The highest BCUT2D eigenvalue weighted by Crippen LogP contribution is 2.29. The van der Waals surface area contributed by atoms with Crippen LogP contribution < -0.4 is 5.32 Å². The van der Waals surface area contributed by atoms with Crippen LogP contribution in [0.1, 0.15) is 43.2 Å². The average Bonchev–Trinajstić information content (AvgIpc) is 2.81.